The van der Waals surface area contributed by atoms with Gasteiger partial charge in [-0.25, -0.2) is 8.78 Å². The van der Waals surface area contributed by atoms with Crippen molar-refractivity contribution in [2.24, 2.45) is 7.05 Å². The fraction of sp³-hybridized carbons (Fsp3) is 0.154. The number of benzene rings is 1. The molecule has 0 fully saturated rings. The van der Waals surface area contributed by atoms with E-state index >= 15 is 0 Å². The van der Waals surface area contributed by atoms with Gasteiger partial charge in [-0.3, -0.25) is 4.79 Å². The van der Waals surface area contributed by atoms with Crippen molar-refractivity contribution >= 4 is 11.6 Å². The highest BCUT2D eigenvalue weighted by Gasteiger charge is 2.11. The molecule has 0 spiro atoms. The number of aromatic nitrogens is 1. The summed E-state index contributed by atoms with van der Waals surface area (Å²) in [7, 11) is 1.67. The lowest BCUT2D eigenvalue weighted by molar-refractivity contribution is 0.0942. The van der Waals surface area contributed by atoms with Crippen LogP contribution in [0.4, 0.5) is 14.5 Å². The Morgan fingerprint density at radius 1 is 1.37 bits per heavy atom. The first-order chi connectivity index (χ1) is 8.97. The maximum absolute atomic E-state index is 13.4. The summed E-state index contributed by atoms with van der Waals surface area (Å²) in [6, 6.07) is 4.61. The molecule has 0 radical (unpaired) electrons. The summed E-state index contributed by atoms with van der Waals surface area (Å²) < 4.78 is 27.9. The molecule has 0 aliphatic heterocycles. The number of nitrogens with two attached hydrogens (primary N) is 1. The van der Waals surface area contributed by atoms with Crippen LogP contribution >= 0.6 is 0 Å². The maximum atomic E-state index is 13.4. The number of aryl methyl sites for hydroxylation is 1. The molecule has 0 atom stereocenters. The molecule has 0 bridgehead atoms. The molecule has 1 heterocycles. The molecule has 2 aromatic rings. The predicted octanol–water partition coefficient (Wildman–Crippen LogP) is 1.82. The van der Waals surface area contributed by atoms with Gasteiger partial charge in [-0.05, 0) is 24.3 Å². The van der Waals surface area contributed by atoms with Gasteiger partial charge in [0.15, 0.2) is 0 Å². The van der Waals surface area contributed by atoms with Crippen LogP contribution < -0.4 is 11.1 Å². The molecule has 100 valence electrons. The fourth-order valence-corrected chi connectivity index (χ4v) is 1.76. The highest BCUT2D eigenvalue weighted by Crippen LogP contribution is 2.11. The van der Waals surface area contributed by atoms with Crippen LogP contribution in [0.25, 0.3) is 0 Å². The molecule has 4 nitrogen and oxygen atoms in total. The van der Waals surface area contributed by atoms with E-state index in [0.29, 0.717) is 11.4 Å². The van der Waals surface area contributed by atoms with Crippen molar-refractivity contribution in [3.63, 3.8) is 0 Å². The minimum atomic E-state index is -0.562. The van der Waals surface area contributed by atoms with Gasteiger partial charge >= 0.3 is 0 Å². The van der Waals surface area contributed by atoms with Gasteiger partial charge in [-0.15, -0.1) is 0 Å². The van der Waals surface area contributed by atoms with Gasteiger partial charge in [-0.2, -0.15) is 0 Å². The normalized spacial score (nSPS) is 10.5. The number of nitrogens with zero attached hydrogens (tertiary/aromatic N) is 1. The summed E-state index contributed by atoms with van der Waals surface area (Å²) >= 11 is 0. The lowest BCUT2D eigenvalue weighted by Crippen LogP contribution is -2.25. The Morgan fingerprint density at radius 3 is 2.74 bits per heavy atom. The third-order valence-electron chi connectivity index (χ3n) is 2.71. The third-order valence-corrected chi connectivity index (χ3v) is 2.71. The number of amides is 1. The van der Waals surface area contributed by atoms with Crippen molar-refractivity contribution in [1.29, 1.82) is 0 Å². The lowest BCUT2D eigenvalue weighted by atomic mass is 10.2. The Kier molecular flexibility index (Phi) is 3.50. The average Bonchev–Trinajstić information content (AvgIpc) is 2.69. The molecule has 0 saturated carbocycles. The van der Waals surface area contributed by atoms with E-state index in [1.165, 1.54) is 6.07 Å². The van der Waals surface area contributed by atoms with Crippen molar-refractivity contribution in [3.8, 4) is 0 Å². The molecule has 0 unspecified atom stereocenters. The molecule has 0 saturated heterocycles. The topological polar surface area (TPSA) is 60.0 Å². The third kappa shape index (κ3) is 2.90. The molecule has 6 heteroatoms. The lowest BCUT2D eigenvalue weighted by Gasteiger charge is -2.07. The van der Waals surface area contributed by atoms with Gasteiger partial charge in [0, 0.05) is 25.4 Å². The number of hydrogen-bond donors (Lipinski definition) is 2. The maximum Gasteiger partial charge on any atom is 0.268 e. The second-order valence-electron chi connectivity index (χ2n) is 4.19. The van der Waals surface area contributed by atoms with Crippen LogP contribution in [0.15, 0.2) is 30.5 Å². The standard InChI is InChI=1S/C13H13F2N3O/c1-18-7-10(16)5-12(18)13(19)17-6-8-4-9(14)2-3-11(8)15/h2-5,7H,6,16H2,1H3,(H,17,19). The van der Waals surface area contributed by atoms with Crippen LogP contribution in [0.2, 0.25) is 0 Å². The molecule has 19 heavy (non-hydrogen) atoms. The second kappa shape index (κ2) is 5.09. The number of nitrogen functional groups attached to an aromatic ring is 1. The molecule has 3 N–H and O–H groups in total. The van der Waals surface area contributed by atoms with E-state index in [2.05, 4.69) is 5.32 Å². The summed E-state index contributed by atoms with van der Waals surface area (Å²) in [5, 5.41) is 2.52. The number of hydrogen-bond acceptors (Lipinski definition) is 2. The number of halogens is 2. The minimum absolute atomic E-state index is 0.0898. The highest BCUT2D eigenvalue weighted by molar-refractivity contribution is 5.93. The first kappa shape index (κ1) is 13.1. The summed E-state index contributed by atoms with van der Waals surface area (Å²) in [5.74, 6) is -1.51. The number of anilines is 1. The van der Waals surface area contributed by atoms with Gasteiger partial charge in [0.2, 0.25) is 0 Å². The van der Waals surface area contributed by atoms with Crippen LogP contribution in [-0.2, 0) is 13.6 Å². The number of carbonyl (C=O) groups excluding carboxylic acids is 1. The van der Waals surface area contributed by atoms with E-state index in [9.17, 15) is 13.6 Å². The van der Waals surface area contributed by atoms with E-state index in [-0.39, 0.29) is 12.1 Å². The molecule has 2 rings (SSSR count). The summed E-state index contributed by atoms with van der Waals surface area (Å²) in [5.41, 5.74) is 6.47. The second-order valence-corrected chi connectivity index (χ2v) is 4.19. The summed E-state index contributed by atoms with van der Waals surface area (Å²) in [4.78, 5) is 11.8. The van der Waals surface area contributed by atoms with E-state index in [1.54, 1.807) is 17.8 Å². The minimum Gasteiger partial charge on any atom is -0.397 e. The molecular weight excluding hydrogens is 252 g/mol. The van der Waals surface area contributed by atoms with E-state index in [0.717, 1.165) is 18.2 Å². The number of nitrogens with one attached hydrogen (secondary N) is 1. The smallest absolute Gasteiger partial charge is 0.268 e. The average molecular weight is 265 g/mol. The van der Waals surface area contributed by atoms with Crippen LogP contribution in [-0.4, -0.2) is 10.5 Å². The number of rotatable bonds is 3. The van der Waals surface area contributed by atoms with Gasteiger partial charge in [0.1, 0.15) is 17.3 Å². The Balaban J connectivity index is 2.08. The van der Waals surface area contributed by atoms with Gasteiger partial charge in [-0.1, -0.05) is 0 Å². The van der Waals surface area contributed by atoms with Crippen LogP contribution in [0.5, 0.6) is 0 Å². The predicted molar refractivity (Wildman–Crippen MR) is 67.4 cm³/mol. The largest absolute Gasteiger partial charge is 0.397 e. The van der Waals surface area contributed by atoms with E-state index in [1.807, 2.05) is 0 Å². The fourth-order valence-electron chi connectivity index (χ4n) is 1.76. The van der Waals surface area contributed by atoms with Crippen molar-refractivity contribution in [1.82, 2.24) is 9.88 Å². The first-order valence-corrected chi connectivity index (χ1v) is 5.61. The van der Waals surface area contributed by atoms with E-state index in [4.69, 9.17) is 5.73 Å². The Hall–Kier alpha value is -2.37. The molecule has 1 aromatic carbocycles. The quantitative estimate of drug-likeness (QED) is 0.889. The Labute approximate surface area is 108 Å². The van der Waals surface area contributed by atoms with Gasteiger partial charge < -0.3 is 15.6 Å². The van der Waals surface area contributed by atoms with Gasteiger partial charge in [0.05, 0.1) is 5.69 Å². The van der Waals surface area contributed by atoms with Crippen molar-refractivity contribution in [2.75, 3.05) is 5.73 Å². The van der Waals surface area contributed by atoms with Crippen LogP contribution in [0, 0.1) is 11.6 Å². The Bertz CT molecular complexity index is 622. The highest BCUT2D eigenvalue weighted by atomic mass is 19.1. The SMILES string of the molecule is Cn1cc(N)cc1C(=O)NCc1cc(F)ccc1F. The Morgan fingerprint density at radius 2 is 2.11 bits per heavy atom. The first-order valence-electron chi connectivity index (χ1n) is 5.61. The zero-order chi connectivity index (χ0) is 14.0. The van der Waals surface area contributed by atoms with Crippen molar-refractivity contribution < 1.29 is 13.6 Å². The zero-order valence-electron chi connectivity index (χ0n) is 10.3. The van der Waals surface area contributed by atoms with Crippen molar-refractivity contribution in [3.05, 3.63) is 53.4 Å². The van der Waals surface area contributed by atoms with Crippen LogP contribution in [0.1, 0.15) is 16.1 Å². The molecule has 1 aromatic heterocycles. The molecule has 0 aliphatic carbocycles. The molecule has 0 aliphatic rings. The summed E-state index contributed by atoms with van der Waals surface area (Å²) in [6.07, 6.45) is 1.59. The zero-order valence-corrected chi connectivity index (χ0v) is 10.3. The van der Waals surface area contributed by atoms with Crippen molar-refractivity contribution in [2.45, 2.75) is 6.54 Å². The van der Waals surface area contributed by atoms with Crippen LogP contribution in [0.3, 0.4) is 0 Å². The monoisotopic (exact) mass is 265 g/mol. The summed E-state index contributed by atoms with van der Waals surface area (Å²) in [6.45, 7) is -0.0898. The molecule has 1 amide bonds. The number of carbonyl (C=O) groups is 1. The molecular formula is C13H13F2N3O. The van der Waals surface area contributed by atoms with Gasteiger partial charge in [0.25, 0.3) is 5.91 Å². The van der Waals surface area contributed by atoms with E-state index < -0.39 is 17.5 Å².